The zero-order valence-electron chi connectivity index (χ0n) is 31.9. The quantitative estimate of drug-likeness (QED) is 0.176. The van der Waals surface area contributed by atoms with Crippen LogP contribution in [0.5, 0.6) is 0 Å². The number of hydrogen-bond acceptors (Lipinski definition) is 2. The lowest BCUT2D eigenvalue weighted by atomic mass is 9.80. The smallest absolute Gasteiger partial charge is 0.161 e. The summed E-state index contributed by atoms with van der Waals surface area (Å²) in [7, 11) is 0. The van der Waals surface area contributed by atoms with Gasteiger partial charge < -0.3 is 0 Å². The van der Waals surface area contributed by atoms with Gasteiger partial charge in [-0.2, -0.15) is 0 Å². The van der Waals surface area contributed by atoms with E-state index in [1.54, 1.807) is 0 Å². The monoisotopic (exact) mass is 726 g/mol. The van der Waals surface area contributed by atoms with Crippen LogP contribution in [0.4, 0.5) is 0 Å². The van der Waals surface area contributed by atoms with Gasteiger partial charge in [-0.15, -0.1) is 0 Å². The molecule has 0 radical (unpaired) electrons. The predicted molar refractivity (Wildman–Crippen MR) is 239 cm³/mol. The third-order valence-corrected chi connectivity index (χ3v) is 12.1. The van der Waals surface area contributed by atoms with Crippen LogP contribution < -0.4 is 0 Å². The van der Waals surface area contributed by atoms with Crippen molar-refractivity contribution < 1.29 is 0 Å². The average molecular weight is 727 g/mol. The van der Waals surface area contributed by atoms with E-state index < -0.39 is 0 Å². The lowest BCUT2D eigenvalue weighted by molar-refractivity contribution is 0.666. The lowest BCUT2D eigenvalue weighted by Crippen LogP contribution is -2.15. The molecular formula is C55H38N2. The third kappa shape index (κ3) is 5.40. The Morgan fingerprint density at radius 1 is 0.333 bits per heavy atom. The van der Waals surface area contributed by atoms with Crippen LogP contribution in [0.3, 0.4) is 0 Å². The zero-order chi connectivity index (χ0) is 38.1. The van der Waals surface area contributed by atoms with Gasteiger partial charge in [-0.3, -0.25) is 0 Å². The van der Waals surface area contributed by atoms with Crippen LogP contribution in [-0.4, -0.2) is 9.97 Å². The van der Waals surface area contributed by atoms with Gasteiger partial charge in [0.1, 0.15) is 0 Å². The summed E-state index contributed by atoms with van der Waals surface area (Å²) in [5, 5.41) is 7.29. The molecule has 1 heterocycles. The van der Waals surface area contributed by atoms with Gasteiger partial charge in [-0.05, 0) is 101 Å². The SMILES string of the molecule is CC1(C)c2ccc(-c3ccc(-c4nc(-c5cccc(-c6ccccc6)c5)cc(-c5cccc6ccccc56)n4)c4ccccc34)cc2-c2ccc3ccccc3c21. The van der Waals surface area contributed by atoms with Crippen LogP contribution in [0.2, 0.25) is 0 Å². The molecule has 0 atom stereocenters. The maximum atomic E-state index is 5.38. The molecule has 0 unspecified atom stereocenters. The third-order valence-electron chi connectivity index (χ3n) is 12.1. The van der Waals surface area contributed by atoms with Crippen LogP contribution in [0.25, 0.3) is 99.6 Å². The molecule has 0 spiro atoms. The maximum absolute atomic E-state index is 5.38. The molecule has 268 valence electrons. The van der Waals surface area contributed by atoms with Crippen molar-refractivity contribution in [3.63, 3.8) is 0 Å². The molecule has 0 saturated carbocycles. The Morgan fingerprint density at radius 3 is 1.75 bits per heavy atom. The highest BCUT2D eigenvalue weighted by Gasteiger charge is 2.37. The first-order valence-electron chi connectivity index (χ1n) is 19.7. The summed E-state index contributed by atoms with van der Waals surface area (Å²) in [5.41, 5.74) is 15.0. The fourth-order valence-corrected chi connectivity index (χ4v) is 9.32. The molecule has 1 aliphatic rings. The second-order valence-corrected chi connectivity index (χ2v) is 15.7. The Bertz CT molecular complexity index is 3210. The molecule has 11 rings (SSSR count). The van der Waals surface area contributed by atoms with E-state index in [4.69, 9.17) is 9.97 Å². The van der Waals surface area contributed by atoms with E-state index in [2.05, 4.69) is 208 Å². The van der Waals surface area contributed by atoms with Crippen molar-refractivity contribution in [2.75, 3.05) is 0 Å². The summed E-state index contributed by atoms with van der Waals surface area (Å²) in [5.74, 6) is 0.708. The number of hydrogen-bond donors (Lipinski definition) is 0. The standard InChI is InChI=1S/C55H38N2/c1-55(2)50-31-27-39(33-49(50)47-28-26-37-17-7-9-22-43(37)53(47)55)42-29-30-48(45-24-11-10-23-44(42)45)54-56-51(40-20-12-19-38(32-40)35-14-4-3-5-15-35)34-52(57-54)46-25-13-18-36-16-6-8-21-41(36)46/h3-34H,1-2H3. The largest absolute Gasteiger partial charge is 0.228 e. The first-order valence-corrected chi connectivity index (χ1v) is 19.7. The number of benzene rings is 9. The fourth-order valence-electron chi connectivity index (χ4n) is 9.32. The molecular weight excluding hydrogens is 689 g/mol. The van der Waals surface area contributed by atoms with E-state index in [1.165, 1.54) is 65.9 Å². The van der Waals surface area contributed by atoms with Gasteiger partial charge in [-0.25, -0.2) is 9.97 Å². The average Bonchev–Trinajstić information content (AvgIpc) is 3.51. The van der Waals surface area contributed by atoms with Crippen molar-refractivity contribution >= 4 is 32.3 Å². The van der Waals surface area contributed by atoms with E-state index in [1.807, 2.05) is 0 Å². The molecule has 2 heteroatoms. The highest BCUT2D eigenvalue weighted by atomic mass is 14.9. The maximum Gasteiger partial charge on any atom is 0.161 e. The molecule has 0 aliphatic heterocycles. The fraction of sp³-hybridized carbons (Fsp3) is 0.0545. The van der Waals surface area contributed by atoms with Gasteiger partial charge in [-0.1, -0.05) is 184 Å². The predicted octanol–water partition coefficient (Wildman–Crippen LogP) is 14.6. The normalized spacial score (nSPS) is 12.9. The molecule has 0 N–H and O–H groups in total. The summed E-state index contributed by atoms with van der Waals surface area (Å²) in [6.45, 7) is 4.74. The summed E-state index contributed by atoms with van der Waals surface area (Å²) >= 11 is 0. The topological polar surface area (TPSA) is 25.8 Å². The minimum Gasteiger partial charge on any atom is -0.228 e. The van der Waals surface area contributed by atoms with Crippen LogP contribution in [-0.2, 0) is 5.41 Å². The summed E-state index contributed by atoms with van der Waals surface area (Å²) < 4.78 is 0. The van der Waals surface area contributed by atoms with Crippen molar-refractivity contribution in [1.82, 2.24) is 9.97 Å². The molecule has 0 bridgehead atoms. The molecule has 10 aromatic rings. The van der Waals surface area contributed by atoms with Gasteiger partial charge in [0.15, 0.2) is 5.82 Å². The van der Waals surface area contributed by atoms with E-state index in [0.29, 0.717) is 5.82 Å². The Morgan fingerprint density at radius 2 is 0.930 bits per heavy atom. The summed E-state index contributed by atoms with van der Waals surface area (Å²) in [6.07, 6.45) is 0. The molecule has 0 saturated heterocycles. The van der Waals surface area contributed by atoms with E-state index >= 15 is 0 Å². The van der Waals surface area contributed by atoms with Crippen LogP contribution in [0, 0.1) is 0 Å². The van der Waals surface area contributed by atoms with E-state index in [9.17, 15) is 0 Å². The second kappa shape index (κ2) is 13.0. The van der Waals surface area contributed by atoms with Crippen LogP contribution in [0.1, 0.15) is 25.0 Å². The van der Waals surface area contributed by atoms with Crippen molar-refractivity contribution in [2.45, 2.75) is 19.3 Å². The van der Waals surface area contributed by atoms with Crippen molar-refractivity contribution in [3.05, 3.63) is 205 Å². The number of fused-ring (bicyclic) bond motifs is 7. The minimum atomic E-state index is -0.0965. The van der Waals surface area contributed by atoms with E-state index in [-0.39, 0.29) is 5.41 Å². The summed E-state index contributed by atoms with van der Waals surface area (Å²) in [6, 6.07) is 70.1. The Balaban J connectivity index is 1.09. The molecule has 2 nitrogen and oxygen atoms in total. The molecule has 57 heavy (non-hydrogen) atoms. The zero-order valence-corrected chi connectivity index (χ0v) is 31.9. The second-order valence-electron chi connectivity index (χ2n) is 15.7. The van der Waals surface area contributed by atoms with Gasteiger partial charge in [0, 0.05) is 22.1 Å². The van der Waals surface area contributed by atoms with Crippen molar-refractivity contribution in [2.24, 2.45) is 0 Å². The Hall–Kier alpha value is -7.16. The molecule has 9 aromatic carbocycles. The Labute approximate surface area is 332 Å². The van der Waals surface area contributed by atoms with Gasteiger partial charge >= 0.3 is 0 Å². The Kier molecular flexibility index (Phi) is 7.55. The summed E-state index contributed by atoms with van der Waals surface area (Å²) in [4.78, 5) is 10.8. The highest BCUT2D eigenvalue weighted by molar-refractivity contribution is 6.06. The lowest BCUT2D eigenvalue weighted by Gasteiger charge is -2.23. The van der Waals surface area contributed by atoms with E-state index in [0.717, 1.165) is 39.0 Å². The molecule has 1 aliphatic carbocycles. The minimum absolute atomic E-state index is 0.0965. The van der Waals surface area contributed by atoms with Gasteiger partial charge in [0.05, 0.1) is 11.4 Å². The van der Waals surface area contributed by atoms with Crippen molar-refractivity contribution in [3.8, 4) is 67.3 Å². The van der Waals surface area contributed by atoms with Crippen LogP contribution >= 0.6 is 0 Å². The highest BCUT2D eigenvalue weighted by Crippen LogP contribution is 2.52. The first kappa shape index (κ1) is 33.2. The molecule has 0 amide bonds. The first-order chi connectivity index (χ1) is 28.0. The molecule has 0 fully saturated rings. The van der Waals surface area contributed by atoms with Crippen LogP contribution in [0.15, 0.2) is 194 Å². The van der Waals surface area contributed by atoms with Crippen molar-refractivity contribution in [1.29, 1.82) is 0 Å². The molecule has 1 aromatic heterocycles. The number of rotatable bonds is 5. The van der Waals surface area contributed by atoms with Gasteiger partial charge in [0.2, 0.25) is 0 Å². The number of nitrogens with zero attached hydrogens (tertiary/aromatic N) is 2. The van der Waals surface area contributed by atoms with Gasteiger partial charge in [0.25, 0.3) is 0 Å². The number of aromatic nitrogens is 2.